The maximum absolute atomic E-state index is 12.8. The van der Waals surface area contributed by atoms with Gasteiger partial charge >= 0.3 is 17.9 Å². The zero-order chi connectivity index (χ0) is 43.7. The van der Waals surface area contributed by atoms with Gasteiger partial charge in [0, 0.05) is 19.3 Å². The highest BCUT2D eigenvalue weighted by Crippen LogP contribution is 2.15. The van der Waals surface area contributed by atoms with Gasteiger partial charge < -0.3 is 14.2 Å². The van der Waals surface area contributed by atoms with Crippen molar-refractivity contribution in [2.45, 2.75) is 264 Å². The van der Waals surface area contributed by atoms with E-state index in [0.717, 1.165) is 77.0 Å². The summed E-state index contributed by atoms with van der Waals surface area (Å²) >= 11 is 0. The van der Waals surface area contributed by atoms with Crippen LogP contribution < -0.4 is 0 Å². The van der Waals surface area contributed by atoms with Crippen LogP contribution in [0.25, 0.3) is 0 Å². The Morgan fingerprint density at radius 1 is 0.367 bits per heavy atom. The number of unbranched alkanes of at least 4 members (excludes halogenated alkanes) is 28. The number of hydrogen-bond donors (Lipinski definition) is 0. The van der Waals surface area contributed by atoms with Crippen LogP contribution in [0.15, 0.2) is 48.6 Å². The van der Waals surface area contributed by atoms with Crippen molar-refractivity contribution in [1.82, 2.24) is 0 Å². The molecule has 0 aliphatic rings. The van der Waals surface area contributed by atoms with Gasteiger partial charge in [0.1, 0.15) is 13.2 Å². The standard InChI is InChI=1S/C54H96O6/c1-4-7-10-13-16-19-21-23-25-26-27-28-29-31-32-35-38-41-44-47-53(56)59-50-51(49-58-52(55)46-43-40-37-34-18-15-12-9-6-3)60-54(57)48-45-42-39-36-33-30-24-22-20-17-14-11-8-5-2/h8,11,16-17,19-21,23,51H,4-7,9-10,12-15,18,22,24-50H2,1-3H3/b11-8-,19-16-,20-17-,23-21-. The lowest BCUT2D eigenvalue weighted by Gasteiger charge is -2.18. The summed E-state index contributed by atoms with van der Waals surface area (Å²) in [5.41, 5.74) is 0. The highest BCUT2D eigenvalue weighted by molar-refractivity contribution is 5.71. The Kier molecular flexibility index (Phi) is 46.9. The number of carbonyl (C=O) groups excluding carboxylic acids is 3. The minimum absolute atomic E-state index is 0.0756. The molecule has 0 saturated carbocycles. The van der Waals surface area contributed by atoms with Gasteiger partial charge in [-0.05, 0) is 70.6 Å². The third-order valence-electron chi connectivity index (χ3n) is 11.1. The summed E-state index contributed by atoms with van der Waals surface area (Å²) in [5, 5.41) is 0. The molecule has 0 aromatic heterocycles. The second-order valence-electron chi connectivity index (χ2n) is 17.1. The Bertz CT molecular complexity index is 1060. The monoisotopic (exact) mass is 841 g/mol. The van der Waals surface area contributed by atoms with Gasteiger partial charge in [-0.25, -0.2) is 0 Å². The molecule has 0 fully saturated rings. The summed E-state index contributed by atoms with van der Waals surface area (Å²) < 4.78 is 16.8. The van der Waals surface area contributed by atoms with E-state index in [4.69, 9.17) is 14.2 Å². The zero-order valence-corrected chi connectivity index (χ0v) is 39.7. The maximum atomic E-state index is 12.8. The van der Waals surface area contributed by atoms with Crippen molar-refractivity contribution in [3.8, 4) is 0 Å². The number of hydrogen-bond acceptors (Lipinski definition) is 6. The summed E-state index contributed by atoms with van der Waals surface area (Å²) in [5.74, 6) is -0.884. The molecule has 0 amide bonds. The topological polar surface area (TPSA) is 78.9 Å². The van der Waals surface area contributed by atoms with E-state index in [1.54, 1.807) is 0 Å². The van der Waals surface area contributed by atoms with E-state index >= 15 is 0 Å². The fourth-order valence-electron chi connectivity index (χ4n) is 7.24. The molecule has 0 aromatic rings. The van der Waals surface area contributed by atoms with Gasteiger partial charge in [0.15, 0.2) is 6.10 Å². The summed E-state index contributed by atoms with van der Waals surface area (Å²) in [6.07, 6.45) is 58.1. The van der Waals surface area contributed by atoms with E-state index in [2.05, 4.69) is 69.4 Å². The Hall–Kier alpha value is -2.63. The van der Waals surface area contributed by atoms with Crippen LogP contribution in [-0.2, 0) is 28.6 Å². The molecule has 0 bridgehead atoms. The SMILES string of the molecule is CC/C=C\C/C=C\CCCCCCCCCC(=O)OC(COC(=O)CCCCCCCCCCC)COC(=O)CCCCCCCCCCCC/C=C\C=C/CCCCC. The van der Waals surface area contributed by atoms with Crippen molar-refractivity contribution in [1.29, 1.82) is 0 Å². The molecule has 0 rings (SSSR count). The molecule has 6 nitrogen and oxygen atoms in total. The molecule has 1 unspecified atom stereocenters. The number of esters is 3. The van der Waals surface area contributed by atoms with Crippen LogP contribution in [0, 0.1) is 0 Å². The summed E-state index contributed by atoms with van der Waals surface area (Å²) in [6, 6.07) is 0. The zero-order valence-electron chi connectivity index (χ0n) is 39.7. The van der Waals surface area contributed by atoms with E-state index in [1.807, 2.05) is 0 Å². The Morgan fingerprint density at radius 2 is 0.700 bits per heavy atom. The van der Waals surface area contributed by atoms with E-state index in [0.29, 0.717) is 19.3 Å². The fraction of sp³-hybridized carbons (Fsp3) is 0.796. The highest BCUT2D eigenvalue weighted by Gasteiger charge is 2.19. The van der Waals surface area contributed by atoms with Crippen LogP contribution in [0.4, 0.5) is 0 Å². The molecule has 1 atom stereocenters. The number of ether oxygens (including phenoxy) is 3. The van der Waals surface area contributed by atoms with E-state index in [-0.39, 0.29) is 31.1 Å². The Balaban J connectivity index is 4.29. The minimum Gasteiger partial charge on any atom is -0.462 e. The van der Waals surface area contributed by atoms with Gasteiger partial charge in [-0.2, -0.15) is 0 Å². The predicted octanol–water partition coefficient (Wildman–Crippen LogP) is 16.7. The molecule has 0 aliphatic carbocycles. The summed E-state index contributed by atoms with van der Waals surface area (Å²) in [7, 11) is 0. The summed E-state index contributed by atoms with van der Waals surface area (Å²) in [6.45, 7) is 6.49. The maximum Gasteiger partial charge on any atom is 0.306 e. The molecule has 0 spiro atoms. The van der Waals surface area contributed by atoms with Crippen molar-refractivity contribution in [3.05, 3.63) is 48.6 Å². The lowest BCUT2D eigenvalue weighted by Crippen LogP contribution is -2.30. The lowest BCUT2D eigenvalue weighted by molar-refractivity contribution is -0.167. The van der Waals surface area contributed by atoms with Crippen molar-refractivity contribution in [2.24, 2.45) is 0 Å². The molecule has 0 aliphatic heterocycles. The van der Waals surface area contributed by atoms with Crippen LogP contribution in [0.3, 0.4) is 0 Å². The fourth-order valence-corrected chi connectivity index (χ4v) is 7.24. The van der Waals surface area contributed by atoms with Crippen molar-refractivity contribution < 1.29 is 28.6 Å². The van der Waals surface area contributed by atoms with Gasteiger partial charge in [-0.15, -0.1) is 0 Å². The molecule has 0 radical (unpaired) electrons. The van der Waals surface area contributed by atoms with Crippen LogP contribution in [0.2, 0.25) is 0 Å². The summed E-state index contributed by atoms with van der Waals surface area (Å²) in [4.78, 5) is 37.9. The van der Waals surface area contributed by atoms with Gasteiger partial charge in [0.05, 0.1) is 0 Å². The van der Waals surface area contributed by atoms with Crippen LogP contribution >= 0.6 is 0 Å². The third-order valence-corrected chi connectivity index (χ3v) is 11.1. The first-order chi connectivity index (χ1) is 29.5. The van der Waals surface area contributed by atoms with E-state index in [1.165, 1.54) is 141 Å². The highest BCUT2D eigenvalue weighted by atomic mass is 16.6. The molecule has 0 heterocycles. The third kappa shape index (κ3) is 46.4. The quantitative estimate of drug-likeness (QED) is 0.0200. The average molecular weight is 841 g/mol. The second kappa shape index (κ2) is 49.0. The molecule has 6 heteroatoms. The number of rotatable bonds is 46. The molecular weight excluding hydrogens is 745 g/mol. The van der Waals surface area contributed by atoms with Crippen molar-refractivity contribution in [3.63, 3.8) is 0 Å². The minimum atomic E-state index is -0.774. The smallest absolute Gasteiger partial charge is 0.306 e. The van der Waals surface area contributed by atoms with E-state index in [9.17, 15) is 14.4 Å². The molecule has 0 aromatic carbocycles. The molecule has 348 valence electrons. The van der Waals surface area contributed by atoms with Gasteiger partial charge in [-0.1, -0.05) is 217 Å². The predicted molar refractivity (Wildman–Crippen MR) is 256 cm³/mol. The Morgan fingerprint density at radius 3 is 1.13 bits per heavy atom. The van der Waals surface area contributed by atoms with Crippen LogP contribution in [0.1, 0.15) is 258 Å². The molecule has 0 saturated heterocycles. The first-order valence-electron chi connectivity index (χ1n) is 25.7. The van der Waals surface area contributed by atoms with Crippen LogP contribution in [0.5, 0.6) is 0 Å². The average Bonchev–Trinajstić information content (AvgIpc) is 3.24. The lowest BCUT2D eigenvalue weighted by atomic mass is 10.1. The number of allylic oxidation sites excluding steroid dienone is 8. The van der Waals surface area contributed by atoms with Crippen molar-refractivity contribution in [2.75, 3.05) is 13.2 Å². The van der Waals surface area contributed by atoms with E-state index < -0.39 is 6.10 Å². The van der Waals surface area contributed by atoms with Gasteiger partial charge in [0.2, 0.25) is 0 Å². The first-order valence-corrected chi connectivity index (χ1v) is 25.7. The largest absolute Gasteiger partial charge is 0.462 e. The Labute approximate surface area is 371 Å². The molecular formula is C54H96O6. The first kappa shape index (κ1) is 57.4. The number of carbonyl (C=O) groups is 3. The molecule has 0 N–H and O–H groups in total. The van der Waals surface area contributed by atoms with Crippen molar-refractivity contribution >= 4 is 17.9 Å². The second-order valence-corrected chi connectivity index (χ2v) is 17.1. The van der Waals surface area contributed by atoms with Gasteiger partial charge in [-0.3, -0.25) is 14.4 Å². The van der Waals surface area contributed by atoms with Crippen LogP contribution in [-0.4, -0.2) is 37.2 Å². The normalized spacial score (nSPS) is 12.4. The van der Waals surface area contributed by atoms with Gasteiger partial charge in [0.25, 0.3) is 0 Å². The molecule has 60 heavy (non-hydrogen) atoms.